The predicted molar refractivity (Wildman–Crippen MR) is 128 cm³/mol. The quantitative estimate of drug-likeness (QED) is 0.515. The summed E-state index contributed by atoms with van der Waals surface area (Å²) in [6.07, 6.45) is 3.31. The van der Waals surface area contributed by atoms with E-state index in [1.54, 1.807) is 42.2 Å². The van der Waals surface area contributed by atoms with Crippen LogP contribution in [-0.2, 0) is 0 Å². The Morgan fingerprint density at radius 1 is 1.00 bits per heavy atom. The molecule has 34 heavy (non-hydrogen) atoms. The molecule has 3 heterocycles. The van der Waals surface area contributed by atoms with Gasteiger partial charge in [-0.2, -0.15) is 0 Å². The monoisotopic (exact) mass is 483 g/mol. The fourth-order valence-electron chi connectivity index (χ4n) is 3.78. The van der Waals surface area contributed by atoms with Crippen molar-refractivity contribution in [2.75, 3.05) is 37.9 Å². The van der Waals surface area contributed by atoms with Crippen molar-refractivity contribution in [2.45, 2.75) is 19.8 Å². The summed E-state index contributed by atoms with van der Waals surface area (Å²) in [5, 5.41) is 6.09. The molecule has 1 aliphatic rings. The zero-order chi connectivity index (χ0) is 24.2. The van der Waals surface area contributed by atoms with Gasteiger partial charge in [0.15, 0.2) is 17.3 Å². The van der Waals surface area contributed by atoms with Crippen molar-refractivity contribution in [2.24, 2.45) is 0 Å². The maximum Gasteiger partial charge on any atom is 0.291 e. The summed E-state index contributed by atoms with van der Waals surface area (Å²) >= 11 is 1.13. The number of hydrogen-bond acceptors (Lipinski definition) is 7. The first-order chi connectivity index (χ1) is 16.4. The van der Waals surface area contributed by atoms with Crippen LogP contribution < -0.4 is 20.1 Å². The van der Waals surface area contributed by atoms with Gasteiger partial charge in [-0.3, -0.25) is 14.4 Å². The molecule has 0 atom stereocenters. The van der Waals surface area contributed by atoms with E-state index in [0.29, 0.717) is 51.3 Å². The number of thiophene rings is 1. The normalized spacial score (nSPS) is 13.0. The molecule has 10 heteroatoms. The molecule has 3 aromatic rings. The van der Waals surface area contributed by atoms with E-state index in [-0.39, 0.29) is 11.7 Å². The predicted octanol–water partition coefficient (Wildman–Crippen LogP) is 4.41. The Hall–Kier alpha value is -3.79. The molecular formula is C24H25N3O6S. The molecule has 0 bridgehead atoms. The molecule has 4 rings (SSSR count). The van der Waals surface area contributed by atoms with E-state index in [4.69, 9.17) is 13.9 Å². The fourth-order valence-corrected chi connectivity index (χ4v) is 4.74. The third-order valence-corrected chi connectivity index (χ3v) is 6.65. The maximum atomic E-state index is 13.2. The van der Waals surface area contributed by atoms with E-state index < -0.39 is 11.8 Å². The van der Waals surface area contributed by atoms with Crippen molar-refractivity contribution in [1.29, 1.82) is 0 Å². The lowest BCUT2D eigenvalue weighted by molar-refractivity contribution is 0.0793. The maximum absolute atomic E-state index is 13.2. The van der Waals surface area contributed by atoms with E-state index in [1.165, 1.54) is 20.5 Å². The number of likely N-dealkylation sites (tertiary alicyclic amines) is 1. The number of amides is 3. The van der Waals surface area contributed by atoms with E-state index >= 15 is 0 Å². The highest BCUT2D eigenvalue weighted by atomic mass is 32.1. The Bertz CT molecular complexity index is 1210. The zero-order valence-corrected chi connectivity index (χ0v) is 19.9. The van der Waals surface area contributed by atoms with E-state index in [2.05, 4.69) is 10.6 Å². The Morgan fingerprint density at radius 2 is 1.71 bits per heavy atom. The SMILES string of the molecule is COc1cc(NC(=O)c2sc(NC(=O)c3ccco3)cc2C)c(C(=O)N2CCCC2)cc1OC. The Balaban J connectivity index is 1.60. The smallest absolute Gasteiger partial charge is 0.291 e. The number of methoxy groups -OCH3 is 2. The van der Waals surface area contributed by atoms with Crippen LogP contribution in [0.15, 0.2) is 41.0 Å². The minimum absolute atomic E-state index is 0.174. The van der Waals surface area contributed by atoms with Gasteiger partial charge in [-0.25, -0.2) is 0 Å². The van der Waals surface area contributed by atoms with Gasteiger partial charge < -0.3 is 29.4 Å². The number of aryl methyl sites for hydroxylation is 1. The average Bonchev–Trinajstić information content (AvgIpc) is 3.60. The second-order valence-electron chi connectivity index (χ2n) is 7.76. The summed E-state index contributed by atoms with van der Waals surface area (Å²) in [4.78, 5) is 40.8. The fraction of sp³-hybridized carbons (Fsp3) is 0.292. The number of carbonyl (C=O) groups is 3. The number of anilines is 2. The number of carbonyl (C=O) groups excluding carboxylic acids is 3. The van der Waals surface area contributed by atoms with Crippen LogP contribution in [0.4, 0.5) is 10.7 Å². The molecule has 2 aromatic heterocycles. The number of furan rings is 1. The van der Waals surface area contributed by atoms with E-state index in [0.717, 1.165) is 24.2 Å². The highest BCUT2D eigenvalue weighted by Crippen LogP contribution is 2.35. The standard InChI is InChI=1S/C24H25N3O6S/c1-14-11-20(26-22(28)17-7-6-10-33-17)34-21(14)23(29)25-16-13-19(32-3)18(31-2)12-15(16)24(30)27-8-4-5-9-27/h6-7,10-13H,4-5,8-9H2,1-3H3,(H,25,29)(H,26,28). The molecule has 9 nitrogen and oxygen atoms in total. The van der Waals surface area contributed by atoms with Gasteiger partial charge in [-0.15, -0.1) is 11.3 Å². The number of nitrogens with zero attached hydrogens (tertiary/aromatic N) is 1. The highest BCUT2D eigenvalue weighted by Gasteiger charge is 2.26. The van der Waals surface area contributed by atoms with E-state index in [9.17, 15) is 14.4 Å². The summed E-state index contributed by atoms with van der Waals surface area (Å²) < 4.78 is 15.9. The Kier molecular flexibility index (Phi) is 6.87. The average molecular weight is 484 g/mol. The van der Waals surface area contributed by atoms with Crippen molar-refractivity contribution in [3.8, 4) is 11.5 Å². The second-order valence-corrected chi connectivity index (χ2v) is 8.81. The number of ether oxygens (including phenoxy) is 2. The lowest BCUT2D eigenvalue weighted by Gasteiger charge is -2.20. The lowest BCUT2D eigenvalue weighted by atomic mass is 10.1. The molecule has 1 saturated heterocycles. The van der Waals surface area contributed by atoms with Crippen molar-refractivity contribution in [3.63, 3.8) is 0 Å². The third-order valence-electron chi connectivity index (χ3n) is 5.50. The van der Waals surface area contributed by atoms with Crippen molar-refractivity contribution >= 4 is 39.7 Å². The van der Waals surface area contributed by atoms with Gasteiger partial charge in [-0.05, 0) is 49.6 Å². The lowest BCUT2D eigenvalue weighted by Crippen LogP contribution is -2.29. The molecule has 0 unspecified atom stereocenters. The molecule has 178 valence electrons. The third kappa shape index (κ3) is 4.76. The molecule has 2 N–H and O–H groups in total. The van der Waals surface area contributed by atoms with Crippen molar-refractivity contribution in [3.05, 3.63) is 58.4 Å². The summed E-state index contributed by atoms with van der Waals surface area (Å²) in [5.74, 6) is -0.0147. The summed E-state index contributed by atoms with van der Waals surface area (Å²) in [6.45, 7) is 3.12. The minimum atomic E-state index is -0.406. The second kappa shape index (κ2) is 10.0. The number of hydrogen-bond donors (Lipinski definition) is 2. The number of nitrogens with one attached hydrogen (secondary N) is 2. The van der Waals surface area contributed by atoms with Gasteiger partial charge in [0.25, 0.3) is 17.7 Å². The summed E-state index contributed by atoms with van der Waals surface area (Å²) in [6, 6.07) is 8.07. The first-order valence-corrected chi connectivity index (χ1v) is 11.5. The van der Waals surface area contributed by atoms with Crippen LogP contribution in [0, 0.1) is 6.92 Å². The molecular weight excluding hydrogens is 458 g/mol. The number of benzene rings is 1. The molecule has 0 saturated carbocycles. The highest BCUT2D eigenvalue weighted by molar-refractivity contribution is 7.18. The van der Waals surface area contributed by atoms with Gasteiger partial charge in [-0.1, -0.05) is 0 Å². The van der Waals surface area contributed by atoms with Crippen molar-refractivity contribution in [1.82, 2.24) is 4.90 Å². The first-order valence-electron chi connectivity index (χ1n) is 10.7. The Labute approximate surface area is 200 Å². The van der Waals surface area contributed by atoms with Gasteiger partial charge in [0.1, 0.15) is 0 Å². The van der Waals surface area contributed by atoms with Gasteiger partial charge in [0, 0.05) is 19.2 Å². The van der Waals surface area contributed by atoms with Gasteiger partial charge in [0.2, 0.25) is 0 Å². The van der Waals surface area contributed by atoms with Crippen molar-refractivity contribution < 1.29 is 28.3 Å². The molecule has 0 spiro atoms. The summed E-state index contributed by atoms with van der Waals surface area (Å²) in [5.41, 5.74) is 1.34. The molecule has 1 fully saturated rings. The zero-order valence-electron chi connectivity index (χ0n) is 19.1. The van der Waals surface area contributed by atoms with Crippen LogP contribution in [0.1, 0.15) is 49.0 Å². The van der Waals surface area contributed by atoms with Crippen LogP contribution in [0.25, 0.3) is 0 Å². The first kappa shape index (κ1) is 23.4. The van der Waals surface area contributed by atoms with Gasteiger partial charge >= 0.3 is 0 Å². The van der Waals surface area contributed by atoms with Crippen LogP contribution >= 0.6 is 11.3 Å². The molecule has 1 aliphatic heterocycles. The van der Waals surface area contributed by atoms with E-state index in [1.807, 2.05) is 0 Å². The minimum Gasteiger partial charge on any atom is -0.493 e. The van der Waals surface area contributed by atoms with Crippen LogP contribution in [-0.4, -0.2) is 49.9 Å². The number of rotatable bonds is 7. The molecule has 0 radical (unpaired) electrons. The largest absolute Gasteiger partial charge is 0.493 e. The topological polar surface area (TPSA) is 110 Å². The van der Waals surface area contributed by atoms with Crippen LogP contribution in [0.5, 0.6) is 11.5 Å². The molecule has 1 aromatic carbocycles. The molecule has 3 amide bonds. The summed E-state index contributed by atoms with van der Waals surface area (Å²) in [7, 11) is 2.98. The van der Waals surface area contributed by atoms with Crippen LogP contribution in [0.3, 0.4) is 0 Å². The van der Waals surface area contributed by atoms with Crippen LogP contribution in [0.2, 0.25) is 0 Å². The Morgan fingerprint density at radius 3 is 2.35 bits per heavy atom. The van der Waals surface area contributed by atoms with Gasteiger partial charge in [0.05, 0.1) is 41.6 Å². The molecule has 0 aliphatic carbocycles.